The second-order valence-corrected chi connectivity index (χ2v) is 7.26. The first-order valence-corrected chi connectivity index (χ1v) is 9.37. The Balaban J connectivity index is 1.58. The van der Waals surface area contributed by atoms with E-state index in [9.17, 15) is 9.59 Å². The fourth-order valence-corrected chi connectivity index (χ4v) is 3.71. The average Bonchev–Trinajstić information content (AvgIpc) is 3.02. The van der Waals surface area contributed by atoms with E-state index in [1.165, 1.54) is 4.90 Å². The summed E-state index contributed by atoms with van der Waals surface area (Å²) in [5.74, 6) is -0.0245. The smallest absolute Gasteiger partial charge is 0.271 e. The van der Waals surface area contributed by atoms with Crippen LogP contribution in [0.5, 0.6) is 5.75 Å². The highest BCUT2D eigenvalue weighted by molar-refractivity contribution is 6.03. The van der Waals surface area contributed by atoms with Crippen LogP contribution < -0.4 is 15.0 Å². The summed E-state index contributed by atoms with van der Waals surface area (Å²) in [6, 6.07) is 8.39. The SMILES string of the molecule is CC[C@@]1(C)OCc2c1ccnc2C(=O)N[C@H]1COc2ccccc2N(C)C1=O. The number of carbonyl (C=O) groups is 2. The van der Waals surface area contributed by atoms with E-state index >= 15 is 0 Å². The lowest BCUT2D eigenvalue weighted by atomic mass is 9.92. The van der Waals surface area contributed by atoms with E-state index in [1.54, 1.807) is 19.3 Å². The van der Waals surface area contributed by atoms with Gasteiger partial charge in [0.25, 0.3) is 11.8 Å². The normalized spacial score (nSPS) is 23.5. The molecule has 1 aromatic carbocycles. The third-order valence-electron chi connectivity index (χ3n) is 5.62. The topological polar surface area (TPSA) is 80.8 Å². The van der Waals surface area contributed by atoms with E-state index < -0.39 is 17.6 Å². The number of hydrogen-bond acceptors (Lipinski definition) is 5. The lowest BCUT2D eigenvalue weighted by Gasteiger charge is -2.22. The van der Waals surface area contributed by atoms with Gasteiger partial charge in [0.15, 0.2) is 0 Å². The number of ether oxygens (including phenoxy) is 2. The number of rotatable bonds is 3. The highest BCUT2D eigenvalue weighted by atomic mass is 16.5. The minimum Gasteiger partial charge on any atom is -0.489 e. The molecule has 2 aliphatic rings. The first-order chi connectivity index (χ1) is 13.4. The van der Waals surface area contributed by atoms with Crippen LogP contribution in [0.1, 0.15) is 41.9 Å². The van der Waals surface area contributed by atoms with Crippen molar-refractivity contribution in [2.24, 2.45) is 0 Å². The van der Waals surface area contributed by atoms with Gasteiger partial charge < -0.3 is 19.7 Å². The largest absolute Gasteiger partial charge is 0.489 e. The van der Waals surface area contributed by atoms with E-state index in [2.05, 4.69) is 10.3 Å². The molecule has 2 aliphatic heterocycles. The van der Waals surface area contributed by atoms with E-state index in [0.717, 1.165) is 17.5 Å². The van der Waals surface area contributed by atoms with Gasteiger partial charge in [-0.15, -0.1) is 0 Å². The van der Waals surface area contributed by atoms with Crippen LogP contribution in [0.4, 0.5) is 5.69 Å². The summed E-state index contributed by atoms with van der Waals surface area (Å²) in [4.78, 5) is 31.6. The third kappa shape index (κ3) is 2.92. The molecule has 146 valence electrons. The number of hydrogen-bond donors (Lipinski definition) is 1. The molecule has 7 nitrogen and oxygen atoms in total. The molecule has 1 N–H and O–H groups in total. The highest BCUT2D eigenvalue weighted by Gasteiger charge is 2.38. The van der Waals surface area contributed by atoms with Gasteiger partial charge in [-0.2, -0.15) is 0 Å². The average molecular weight is 381 g/mol. The molecule has 2 aromatic rings. The molecular weight excluding hydrogens is 358 g/mol. The number of carbonyl (C=O) groups excluding carboxylic acids is 2. The van der Waals surface area contributed by atoms with Crippen LogP contribution in [-0.2, 0) is 21.7 Å². The monoisotopic (exact) mass is 381 g/mol. The van der Waals surface area contributed by atoms with Crippen LogP contribution in [-0.4, -0.2) is 36.5 Å². The van der Waals surface area contributed by atoms with E-state index in [-0.39, 0.29) is 12.5 Å². The van der Waals surface area contributed by atoms with Crippen molar-refractivity contribution in [2.75, 3.05) is 18.6 Å². The second-order valence-electron chi connectivity index (χ2n) is 7.26. The lowest BCUT2D eigenvalue weighted by Crippen LogP contribution is -2.49. The molecule has 2 atom stereocenters. The molecule has 0 fully saturated rings. The summed E-state index contributed by atoms with van der Waals surface area (Å²) in [6.45, 7) is 4.44. The van der Waals surface area contributed by atoms with Gasteiger partial charge in [0.2, 0.25) is 0 Å². The van der Waals surface area contributed by atoms with Crippen LogP contribution in [0.25, 0.3) is 0 Å². The molecule has 0 aliphatic carbocycles. The van der Waals surface area contributed by atoms with Crippen molar-refractivity contribution in [1.82, 2.24) is 10.3 Å². The van der Waals surface area contributed by atoms with Gasteiger partial charge >= 0.3 is 0 Å². The number of benzene rings is 1. The molecule has 0 saturated heterocycles. The fourth-order valence-electron chi connectivity index (χ4n) is 3.71. The Morgan fingerprint density at radius 3 is 2.93 bits per heavy atom. The molecule has 0 saturated carbocycles. The third-order valence-corrected chi connectivity index (χ3v) is 5.62. The molecule has 2 amide bonds. The molecular formula is C21H23N3O4. The molecule has 7 heteroatoms. The molecule has 1 aromatic heterocycles. The predicted octanol–water partition coefficient (Wildman–Crippen LogP) is 2.39. The lowest BCUT2D eigenvalue weighted by molar-refractivity contribution is -0.120. The molecule has 0 spiro atoms. The predicted molar refractivity (Wildman–Crippen MR) is 103 cm³/mol. The molecule has 0 radical (unpaired) electrons. The zero-order valence-electron chi connectivity index (χ0n) is 16.2. The zero-order valence-corrected chi connectivity index (χ0v) is 16.2. The maximum absolute atomic E-state index is 13.0. The van der Waals surface area contributed by atoms with Crippen molar-refractivity contribution in [1.29, 1.82) is 0 Å². The Morgan fingerprint density at radius 2 is 2.14 bits per heavy atom. The Bertz CT molecular complexity index is 945. The fraction of sp³-hybridized carbons (Fsp3) is 0.381. The summed E-state index contributed by atoms with van der Waals surface area (Å²) >= 11 is 0. The van der Waals surface area contributed by atoms with Crippen molar-refractivity contribution in [2.45, 2.75) is 38.5 Å². The number of nitrogens with one attached hydrogen (secondary N) is 1. The van der Waals surface area contributed by atoms with Crippen LogP contribution in [0, 0.1) is 0 Å². The van der Waals surface area contributed by atoms with Crippen LogP contribution in [0.15, 0.2) is 36.5 Å². The maximum atomic E-state index is 13.0. The van der Waals surface area contributed by atoms with Gasteiger partial charge in [0.1, 0.15) is 24.1 Å². The minimum atomic E-state index is -0.803. The molecule has 3 heterocycles. The Kier molecular flexibility index (Phi) is 4.55. The Labute approximate surface area is 163 Å². The number of pyridine rings is 1. The van der Waals surface area contributed by atoms with Crippen molar-refractivity contribution in [3.8, 4) is 5.75 Å². The van der Waals surface area contributed by atoms with Gasteiger partial charge in [-0.3, -0.25) is 14.6 Å². The summed E-state index contributed by atoms with van der Waals surface area (Å²) in [5, 5.41) is 2.79. The molecule has 0 unspecified atom stereocenters. The highest BCUT2D eigenvalue weighted by Crippen LogP contribution is 2.39. The first kappa shape index (κ1) is 18.4. The van der Waals surface area contributed by atoms with Gasteiger partial charge in [0, 0.05) is 18.8 Å². The second kappa shape index (κ2) is 6.91. The number of nitrogens with zero attached hydrogens (tertiary/aromatic N) is 2. The number of aromatic nitrogens is 1. The van der Waals surface area contributed by atoms with Crippen molar-refractivity contribution in [3.05, 3.63) is 53.3 Å². The number of anilines is 1. The van der Waals surface area contributed by atoms with E-state index in [0.29, 0.717) is 23.7 Å². The van der Waals surface area contributed by atoms with Gasteiger partial charge in [-0.1, -0.05) is 19.1 Å². The summed E-state index contributed by atoms with van der Waals surface area (Å²) in [5.41, 5.74) is 2.31. The summed E-state index contributed by atoms with van der Waals surface area (Å²) in [6.07, 6.45) is 2.41. The summed E-state index contributed by atoms with van der Waals surface area (Å²) < 4.78 is 11.7. The number of para-hydroxylation sites is 2. The minimum absolute atomic E-state index is 0.0596. The van der Waals surface area contributed by atoms with Gasteiger partial charge in [0.05, 0.1) is 17.9 Å². The number of fused-ring (bicyclic) bond motifs is 2. The zero-order chi connectivity index (χ0) is 19.9. The molecule has 28 heavy (non-hydrogen) atoms. The van der Waals surface area contributed by atoms with Gasteiger partial charge in [-0.25, -0.2) is 0 Å². The van der Waals surface area contributed by atoms with E-state index in [4.69, 9.17) is 9.47 Å². The molecule has 4 rings (SSSR count). The number of likely N-dealkylation sites (N-methyl/N-ethyl adjacent to an activating group) is 1. The van der Waals surface area contributed by atoms with Crippen molar-refractivity contribution in [3.63, 3.8) is 0 Å². The number of amides is 2. The van der Waals surface area contributed by atoms with Crippen LogP contribution in [0.3, 0.4) is 0 Å². The Hall–Kier alpha value is -2.93. The quantitative estimate of drug-likeness (QED) is 0.883. The first-order valence-electron chi connectivity index (χ1n) is 9.37. The van der Waals surface area contributed by atoms with Crippen LogP contribution in [0.2, 0.25) is 0 Å². The summed E-state index contributed by atoms with van der Waals surface area (Å²) in [7, 11) is 1.67. The van der Waals surface area contributed by atoms with Crippen molar-refractivity contribution < 1.29 is 19.1 Å². The Morgan fingerprint density at radius 1 is 1.36 bits per heavy atom. The van der Waals surface area contributed by atoms with Crippen LogP contribution >= 0.6 is 0 Å². The van der Waals surface area contributed by atoms with Crippen molar-refractivity contribution >= 4 is 17.5 Å². The maximum Gasteiger partial charge on any atom is 0.271 e. The van der Waals surface area contributed by atoms with E-state index in [1.807, 2.05) is 38.1 Å². The molecule has 0 bridgehead atoms. The van der Waals surface area contributed by atoms with Gasteiger partial charge in [-0.05, 0) is 37.1 Å². The standard InChI is InChI=1S/C21H23N3O4/c1-4-21(2)14-9-10-22-18(13(14)11-28-21)19(25)23-15-12-27-17-8-6-5-7-16(17)24(3)20(15)26/h5-10,15H,4,11-12H2,1-3H3,(H,23,25)/t15-,21+/m0/s1.